The number of fused-ring (bicyclic) bond motifs is 1. The van der Waals surface area contributed by atoms with Gasteiger partial charge in [-0.25, -0.2) is 9.78 Å². The highest BCUT2D eigenvalue weighted by atomic mass is 16.5. The number of pyridine rings is 1. The normalized spacial score (nSPS) is 10.7. The van der Waals surface area contributed by atoms with Gasteiger partial charge in [-0.05, 0) is 36.2 Å². The molecule has 0 N–H and O–H groups in total. The van der Waals surface area contributed by atoms with Crippen LogP contribution in [0.4, 0.5) is 0 Å². The lowest BCUT2D eigenvalue weighted by atomic mass is 10.0. The second kappa shape index (κ2) is 4.81. The highest BCUT2D eigenvalue weighted by Gasteiger charge is 2.05. The van der Waals surface area contributed by atoms with Gasteiger partial charge in [0.1, 0.15) is 5.58 Å². The summed E-state index contributed by atoms with van der Waals surface area (Å²) in [4.78, 5) is 15.5. The van der Waals surface area contributed by atoms with Gasteiger partial charge in [0.2, 0.25) is 5.88 Å². The van der Waals surface area contributed by atoms with Crippen LogP contribution < -0.4 is 10.4 Å². The van der Waals surface area contributed by atoms with Crippen molar-refractivity contribution in [3.63, 3.8) is 0 Å². The zero-order valence-corrected chi connectivity index (χ0v) is 11.2. The molecule has 100 valence electrons. The van der Waals surface area contributed by atoms with Crippen LogP contribution in [-0.4, -0.2) is 12.1 Å². The molecule has 0 bridgehead atoms. The number of ether oxygens (including phenoxy) is 1. The molecule has 0 spiro atoms. The summed E-state index contributed by atoms with van der Waals surface area (Å²) >= 11 is 0. The molecule has 0 aliphatic heterocycles. The van der Waals surface area contributed by atoms with Gasteiger partial charge in [0.15, 0.2) is 0 Å². The number of rotatable bonds is 2. The molecular weight excluding hydrogens is 254 g/mol. The summed E-state index contributed by atoms with van der Waals surface area (Å²) in [5, 5.41) is 0.929. The summed E-state index contributed by atoms with van der Waals surface area (Å²) in [6.45, 7) is 1.90. The van der Waals surface area contributed by atoms with E-state index in [9.17, 15) is 4.79 Å². The van der Waals surface area contributed by atoms with Crippen LogP contribution in [0.3, 0.4) is 0 Å². The van der Waals surface area contributed by atoms with Crippen molar-refractivity contribution in [1.29, 1.82) is 0 Å². The third-order valence-corrected chi connectivity index (χ3v) is 3.23. The van der Waals surface area contributed by atoms with Crippen LogP contribution in [0.2, 0.25) is 0 Å². The van der Waals surface area contributed by atoms with E-state index < -0.39 is 0 Å². The van der Waals surface area contributed by atoms with Gasteiger partial charge in [0.25, 0.3) is 0 Å². The van der Waals surface area contributed by atoms with Crippen molar-refractivity contribution < 1.29 is 9.15 Å². The van der Waals surface area contributed by atoms with Gasteiger partial charge in [0, 0.05) is 29.3 Å². The Bertz CT molecular complexity index is 819. The Morgan fingerprint density at radius 3 is 2.60 bits per heavy atom. The third-order valence-electron chi connectivity index (χ3n) is 3.23. The second-order valence-electron chi connectivity index (χ2n) is 4.55. The lowest BCUT2D eigenvalue weighted by Crippen LogP contribution is -1.97. The van der Waals surface area contributed by atoms with Gasteiger partial charge in [-0.3, -0.25) is 0 Å². The van der Waals surface area contributed by atoms with Crippen molar-refractivity contribution in [2.45, 2.75) is 6.92 Å². The average molecular weight is 267 g/mol. The number of hydrogen-bond donors (Lipinski definition) is 0. The molecule has 0 radical (unpaired) electrons. The number of benzene rings is 1. The number of nitrogens with zero attached hydrogens (tertiary/aromatic N) is 1. The zero-order chi connectivity index (χ0) is 14.1. The van der Waals surface area contributed by atoms with Crippen molar-refractivity contribution >= 4 is 11.0 Å². The minimum atomic E-state index is -0.325. The highest BCUT2D eigenvalue weighted by Crippen LogP contribution is 2.25. The summed E-state index contributed by atoms with van der Waals surface area (Å²) < 4.78 is 10.2. The van der Waals surface area contributed by atoms with E-state index in [1.165, 1.54) is 6.07 Å². The van der Waals surface area contributed by atoms with Crippen LogP contribution in [0.1, 0.15) is 5.56 Å². The first kappa shape index (κ1) is 12.4. The van der Waals surface area contributed by atoms with Crippen molar-refractivity contribution in [2.75, 3.05) is 7.11 Å². The van der Waals surface area contributed by atoms with E-state index in [-0.39, 0.29) is 5.63 Å². The van der Waals surface area contributed by atoms with Crippen LogP contribution in [0, 0.1) is 6.92 Å². The molecule has 0 aliphatic carbocycles. The quantitative estimate of drug-likeness (QED) is 0.669. The smallest absolute Gasteiger partial charge is 0.336 e. The van der Waals surface area contributed by atoms with Crippen LogP contribution >= 0.6 is 0 Å². The number of methoxy groups -OCH3 is 1. The molecule has 0 amide bonds. The van der Waals surface area contributed by atoms with Gasteiger partial charge in [0.05, 0.1) is 7.11 Å². The molecule has 0 aliphatic rings. The molecule has 3 aromatic rings. The summed E-state index contributed by atoms with van der Waals surface area (Å²) in [7, 11) is 1.59. The van der Waals surface area contributed by atoms with Crippen LogP contribution in [-0.2, 0) is 0 Å². The fraction of sp³-hybridized carbons (Fsp3) is 0.125. The molecule has 0 saturated heterocycles. The zero-order valence-electron chi connectivity index (χ0n) is 11.2. The Morgan fingerprint density at radius 2 is 1.90 bits per heavy atom. The van der Waals surface area contributed by atoms with Gasteiger partial charge in [-0.15, -0.1) is 0 Å². The van der Waals surface area contributed by atoms with Gasteiger partial charge in [-0.2, -0.15) is 0 Å². The predicted octanol–water partition coefficient (Wildman–Crippen LogP) is 3.17. The van der Waals surface area contributed by atoms with Crippen molar-refractivity contribution in [2.24, 2.45) is 0 Å². The lowest BCUT2D eigenvalue weighted by Gasteiger charge is -2.05. The molecule has 20 heavy (non-hydrogen) atoms. The summed E-state index contributed by atoms with van der Waals surface area (Å²) in [6.07, 6.45) is 1.76. The first-order chi connectivity index (χ1) is 9.67. The maximum absolute atomic E-state index is 11.3. The van der Waals surface area contributed by atoms with E-state index in [4.69, 9.17) is 9.15 Å². The molecule has 4 heteroatoms. The molecule has 2 heterocycles. The van der Waals surface area contributed by atoms with Crippen molar-refractivity contribution in [1.82, 2.24) is 4.98 Å². The number of aryl methyl sites for hydroxylation is 1. The van der Waals surface area contributed by atoms with E-state index in [0.29, 0.717) is 11.5 Å². The van der Waals surface area contributed by atoms with Crippen LogP contribution in [0.25, 0.3) is 22.1 Å². The van der Waals surface area contributed by atoms with Gasteiger partial charge in [-0.1, -0.05) is 6.07 Å². The maximum Gasteiger partial charge on any atom is 0.336 e. The predicted molar refractivity (Wildman–Crippen MR) is 77.0 cm³/mol. The lowest BCUT2D eigenvalue weighted by molar-refractivity contribution is 0.398. The molecule has 2 aromatic heterocycles. The Balaban J connectivity index is 2.14. The van der Waals surface area contributed by atoms with E-state index >= 15 is 0 Å². The fourth-order valence-corrected chi connectivity index (χ4v) is 2.17. The SMILES string of the molecule is COc1ccc(-c2ccc3oc(=O)cc(C)c3c2)cn1. The number of hydrogen-bond acceptors (Lipinski definition) is 4. The Morgan fingerprint density at radius 1 is 1.10 bits per heavy atom. The first-order valence-corrected chi connectivity index (χ1v) is 6.22. The summed E-state index contributed by atoms with van der Waals surface area (Å²) in [5.41, 5.74) is 3.18. The minimum Gasteiger partial charge on any atom is -0.481 e. The molecule has 0 unspecified atom stereocenters. The molecule has 0 atom stereocenters. The summed E-state index contributed by atoms with van der Waals surface area (Å²) in [6, 6.07) is 11.0. The Hall–Kier alpha value is -2.62. The molecular formula is C16H13NO3. The molecule has 0 fully saturated rings. The Kier molecular flexibility index (Phi) is 2.99. The number of aromatic nitrogens is 1. The maximum atomic E-state index is 11.3. The van der Waals surface area contributed by atoms with E-state index in [0.717, 1.165) is 22.1 Å². The molecule has 0 saturated carbocycles. The highest BCUT2D eigenvalue weighted by molar-refractivity contribution is 5.85. The summed E-state index contributed by atoms with van der Waals surface area (Å²) in [5.74, 6) is 0.580. The van der Waals surface area contributed by atoms with Crippen LogP contribution in [0.5, 0.6) is 5.88 Å². The van der Waals surface area contributed by atoms with Gasteiger partial charge >= 0.3 is 5.63 Å². The average Bonchev–Trinajstić information content (AvgIpc) is 2.47. The minimum absolute atomic E-state index is 0.325. The topological polar surface area (TPSA) is 52.3 Å². The van der Waals surface area contributed by atoms with E-state index in [2.05, 4.69) is 4.98 Å². The van der Waals surface area contributed by atoms with Crippen molar-refractivity contribution in [3.8, 4) is 17.0 Å². The molecule has 4 nitrogen and oxygen atoms in total. The largest absolute Gasteiger partial charge is 0.481 e. The second-order valence-corrected chi connectivity index (χ2v) is 4.55. The first-order valence-electron chi connectivity index (χ1n) is 6.22. The standard InChI is InChI=1S/C16H13NO3/c1-10-7-16(18)20-14-5-3-11(8-13(10)14)12-4-6-15(19-2)17-9-12/h3-9H,1-2H3. The van der Waals surface area contributed by atoms with Crippen LogP contribution in [0.15, 0.2) is 51.8 Å². The Labute approximate surface area is 115 Å². The van der Waals surface area contributed by atoms with Crippen molar-refractivity contribution in [3.05, 3.63) is 58.6 Å². The van der Waals surface area contributed by atoms with Gasteiger partial charge < -0.3 is 9.15 Å². The molecule has 3 rings (SSSR count). The van der Waals surface area contributed by atoms with E-state index in [1.807, 2.05) is 37.3 Å². The molecule has 1 aromatic carbocycles. The van der Waals surface area contributed by atoms with E-state index in [1.54, 1.807) is 13.3 Å². The third kappa shape index (κ3) is 2.16. The fourth-order valence-electron chi connectivity index (χ4n) is 2.17. The monoisotopic (exact) mass is 267 g/mol.